The first-order valence-electron chi connectivity index (χ1n) is 10.1. The van der Waals surface area contributed by atoms with Gasteiger partial charge in [-0.15, -0.1) is 0 Å². The van der Waals surface area contributed by atoms with Gasteiger partial charge < -0.3 is 14.0 Å². The Labute approximate surface area is 172 Å². The Morgan fingerprint density at radius 2 is 1.62 bits per heavy atom. The molecule has 0 spiro atoms. The molecule has 0 amide bonds. The number of oxazole rings is 1. The summed E-state index contributed by atoms with van der Waals surface area (Å²) < 4.78 is 6.87. The molecule has 2 aromatic carbocycles. The predicted octanol–water partition coefficient (Wildman–Crippen LogP) is 4.24. The molecule has 0 aliphatic heterocycles. The van der Waals surface area contributed by atoms with Crippen LogP contribution in [-0.4, -0.2) is 30.1 Å². The first-order valence-corrected chi connectivity index (χ1v) is 10.1. The van der Waals surface area contributed by atoms with Crippen LogP contribution in [0.2, 0.25) is 0 Å². The Hall–Kier alpha value is -2.69. The molecule has 29 heavy (non-hydrogen) atoms. The molecular formula is C25H28N2O2. The Morgan fingerprint density at radius 3 is 2.21 bits per heavy atom. The average Bonchev–Trinajstić information content (AvgIpc) is 3.24. The standard InChI is InChI=1S/C25H28N2O2/c1-18(2)10-9-15-27(3,4)17-19-16-26-24(29-19)25(28)22-13-7-5-11-20(22)21-12-6-8-14-23(21)25/h5-8,10-14,16H,9,15,17H2,1-4H3. The highest BCUT2D eigenvalue weighted by atomic mass is 16.4. The zero-order chi connectivity index (χ0) is 20.6. The van der Waals surface area contributed by atoms with Crippen LogP contribution in [0, 0.1) is 0 Å². The van der Waals surface area contributed by atoms with E-state index in [9.17, 15) is 5.11 Å². The number of allylic oxidation sites excluding steroid dienone is 1. The molecule has 4 heteroatoms. The van der Waals surface area contributed by atoms with Crippen molar-refractivity contribution in [1.82, 2.24) is 4.98 Å². The van der Waals surface area contributed by atoms with Crippen molar-refractivity contribution in [3.05, 3.63) is 89.2 Å². The van der Waals surface area contributed by atoms with E-state index in [0.717, 1.165) is 34.3 Å². The van der Waals surface area contributed by atoms with Crippen LogP contribution in [0.25, 0.3) is 11.1 Å². The molecule has 150 valence electrons. The van der Waals surface area contributed by atoms with E-state index in [1.165, 1.54) is 5.57 Å². The van der Waals surface area contributed by atoms with Crippen LogP contribution in [-0.2, 0) is 12.1 Å². The number of fused-ring (bicyclic) bond motifs is 3. The predicted molar refractivity (Wildman–Crippen MR) is 113 cm³/mol. The van der Waals surface area contributed by atoms with Crippen molar-refractivity contribution in [3.8, 4) is 11.1 Å². The van der Waals surface area contributed by atoms with Crippen LogP contribution in [0.4, 0.5) is 0 Å². The van der Waals surface area contributed by atoms with Crippen LogP contribution in [0.1, 0.15) is 43.0 Å². The maximum atomic E-state index is 14.2. The first kappa shape index (κ1) is 19.6. The Bertz CT molecular complexity index is 1010. The lowest BCUT2D eigenvalue weighted by molar-refractivity contribution is -0.904. The van der Waals surface area contributed by atoms with Gasteiger partial charge in [-0.2, -0.15) is 0 Å². The van der Waals surface area contributed by atoms with Crippen LogP contribution in [0.15, 0.2) is 70.8 Å². The monoisotopic (exact) mass is 388 g/mol. The summed E-state index contributed by atoms with van der Waals surface area (Å²) in [5, 5.41) is 14.2. The summed E-state index contributed by atoms with van der Waals surface area (Å²) in [5.74, 6) is 0.980. The Morgan fingerprint density at radius 1 is 1.03 bits per heavy atom. The quantitative estimate of drug-likeness (QED) is 0.469. The fourth-order valence-electron chi connectivity index (χ4n) is 4.17. The van der Waals surface area contributed by atoms with Crippen molar-refractivity contribution >= 4 is 0 Å². The minimum absolute atomic E-state index is 0.231. The largest absolute Gasteiger partial charge is 0.835 e. The summed E-state index contributed by atoms with van der Waals surface area (Å²) in [6, 6.07) is 15.5. The molecule has 0 saturated heterocycles. The van der Waals surface area contributed by atoms with E-state index in [2.05, 4.69) is 39.0 Å². The van der Waals surface area contributed by atoms with Gasteiger partial charge >= 0.3 is 0 Å². The lowest BCUT2D eigenvalue weighted by Gasteiger charge is -2.35. The normalized spacial score (nSPS) is 14.4. The molecule has 0 atom stereocenters. The van der Waals surface area contributed by atoms with Crippen molar-refractivity contribution in [2.45, 2.75) is 32.4 Å². The second-order valence-corrected chi connectivity index (χ2v) is 8.79. The zero-order valence-corrected chi connectivity index (χ0v) is 17.6. The third-order valence-corrected chi connectivity index (χ3v) is 5.63. The van der Waals surface area contributed by atoms with Crippen molar-refractivity contribution < 1.29 is 14.0 Å². The van der Waals surface area contributed by atoms with E-state index >= 15 is 0 Å². The molecule has 0 radical (unpaired) electrons. The van der Waals surface area contributed by atoms with Crippen LogP contribution >= 0.6 is 0 Å². The highest BCUT2D eigenvalue weighted by molar-refractivity contribution is 5.81. The third-order valence-electron chi connectivity index (χ3n) is 5.63. The van der Waals surface area contributed by atoms with E-state index in [-0.39, 0.29) is 5.89 Å². The van der Waals surface area contributed by atoms with Gasteiger partial charge in [0.1, 0.15) is 6.54 Å². The van der Waals surface area contributed by atoms with Crippen molar-refractivity contribution in [1.29, 1.82) is 0 Å². The van der Waals surface area contributed by atoms with E-state index in [4.69, 9.17) is 4.42 Å². The summed E-state index contributed by atoms with van der Waals surface area (Å²) >= 11 is 0. The van der Waals surface area contributed by atoms with E-state index in [1.807, 2.05) is 48.5 Å². The van der Waals surface area contributed by atoms with Crippen LogP contribution < -0.4 is 5.11 Å². The number of quaternary nitrogens is 1. The number of hydrogen-bond acceptors (Lipinski definition) is 3. The van der Waals surface area contributed by atoms with E-state index in [1.54, 1.807) is 6.20 Å². The number of rotatable bonds is 6. The highest BCUT2D eigenvalue weighted by Crippen LogP contribution is 2.48. The lowest BCUT2D eigenvalue weighted by atomic mass is 9.91. The number of benzene rings is 2. The summed E-state index contributed by atoms with van der Waals surface area (Å²) in [7, 11) is 4.35. The van der Waals surface area contributed by atoms with Gasteiger partial charge in [0.05, 0.1) is 26.8 Å². The van der Waals surface area contributed by atoms with Crippen LogP contribution in [0.3, 0.4) is 0 Å². The SMILES string of the molecule is CC(C)=CCC[N+](C)(C)Cc1cnc(C2([O-])c3ccccc3-c3ccccc32)o1. The molecule has 1 heterocycles. The minimum Gasteiger partial charge on any atom is -0.835 e. The second kappa shape index (κ2) is 7.29. The summed E-state index contributed by atoms with van der Waals surface area (Å²) in [4.78, 5) is 4.46. The van der Waals surface area contributed by atoms with Gasteiger partial charge in [-0.05, 0) is 36.1 Å². The van der Waals surface area contributed by atoms with Gasteiger partial charge in [-0.1, -0.05) is 60.2 Å². The van der Waals surface area contributed by atoms with E-state index < -0.39 is 5.60 Å². The topological polar surface area (TPSA) is 49.1 Å². The molecule has 1 aliphatic carbocycles. The van der Waals surface area contributed by atoms with Gasteiger partial charge in [0.25, 0.3) is 0 Å². The Balaban J connectivity index is 1.65. The molecule has 1 aromatic heterocycles. The fraction of sp³-hybridized carbons (Fsp3) is 0.320. The van der Waals surface area contributed by atoms with Crippen LogP contribution in [0.5, 0.6) is 0 Å². The van der Waals surface area contributed by atoms with E-state index in [0.29, 0.717) is 17.7 Å². The van der Waals surface area contributed by atoms with Gasteiger partial charge in [-0.25, -0.2) is 4.98 Å². The van der Waals surface area contributed by atoms with Gasteiger partial charge in [0.15, 0.2) is 11.7 Å². The number of nitrogens with zero attached hydrogens (tertiary/aromatic N) is 2. The average molecular weight is 389 g/mol. The molecule has 4 rings (SSSR count). The highest BCUT2D eigenvalue weighted by Gasteiger charge is 2.38. The molecule has 0 fully saturated rings. The summed E-state index contributed by atoms with van der Waals surface area (Å²) in [6.07, 6.45) is 4.99. The fourth-order valence-corrected chi connectivity index (χ4v) is 4.17. The molecular weight excluding hydrogens is 360 g/mol. The third kappa shape index (κ3) is 3.54. The van der Waals surface area contributed by atoms with Crippen molar-refractivity contribution in [3.63, 3.8) is 0 Å². The lowest BCUT2D eigenvalue weighted by Crippen LogP contribution is -2.41. The Kier molecular flexibility index (Phi) is 4.93. The van der Waals surface area contributed by atoms with Crippen molar-refractivity contribution in [2.75, 3.05) is 20.6 Å². The maximum Gasteiger partial charge on any atom is 0.193 e. The van der Waals surface area contributed by atoms with Gasteiger partial charge in [0.2, 0.25) is 0 Å². The molecule has 0 saturated carbocycles. The molecule has 0 unspecified atom stereocenters. The van der Waals surface area contributed by atoms with Crippen molar-refractivity contribution in [2.24, 2.45) is 0 Å². The molecule has 3 aromatic rings. The second-order valence-electron chi connectivity index (χ2n) is 8.79. The smallest absolute Gasteiger partial charge is 0.193 e. The minimum atomic E-state index is -1.61. The maximum absolute atomic E-state index is 14.2. The molecule has 1 aliphatic rings. The first-order chi connectivity index (χ1) is 13.8. The number of aromatic nitrogens is 1. The summed E-state index contributed by atoms with van der Waals surface area (Å²) in [6.45, 7) is 5.93. The molecule has 4 nitrogen and oxygen atoms in total. The van der Waals surface area contributed by atoms with Gasteiger partial charge in [-0.3, -0.25) is 0 Å². The summed E-state index contributed by atoms with van der Waals surface area (Å²) in [5.41, 5.74) is 3.09. The van der Waals surface area contributed by atoms with Gasteiger partial charge in [0, 0.05) is 12.0 Å². The zero-order valence-electron chi connectivity index (χ0n) is 17.6. The molecule has 0 bridgehead atoms. The number of hydrogen-bond donors (Lipinski definition) is 0. The molecule has 0 N–H and O–H groups in total.